The van der Waals surface area contributed by atoms with Crippen LogP contribution in [0.5, 0.6) is 0 Å². The molecule has 0 bridgehead atoms. The molecule has 3 saturated carbocycles. The molecule has 42 heavy (non-hydrogen) atoms. The molecule has 3 fully saturated rings. The lowest BCUT2D eigenvalue weighted by molar-refractivity contribution is -0.343. The molecule has 0 amide bonds. The van der Waals surface area contributed by atoms with Crippen molar-refractivity contribution in [2.75, 3.05) is 0 Å². The topological polar surface area (TPSA) is 80.9 Å². The number of aliphatic hydroxyl groups excluding tert-OH is 2. The third-order valence-corrected chi connectivity index (χ3v) is 10.00. The first-order chi connectivity index (χ1) is 19.1. The monoisotopic (exact) mass is 608 g/mol. The van der Waals surface area contributed by atoms with Gasteiger partial charge >= 0.3 is 18.0 Å². The summed E-state index contributed by atoms with van der Waals surface area (Å²) in [7, 11) is 0. The first-order valence-corrected chi connectivity index (χ1v) is 14.9. The van der Waals surface area contributed by atoms with Gasteiger partial charge in [-0.05, 0) is 107 Å². The molecule has 240 valence electrons. The average molecular weight is 609 g/mol. The average Bonchev–Trinajstić information content (AvgIpc) is 3.18. The number of allylic oxidation sites excluding steroid dienone is 3. The normalized spacial score (nSPS) is 32.8. The maximum absolute atomic E-state index is 13.3. The van der Waals surface area contributed by atoms with Crippen LogP contribution in [0.15, 0.2) is 23.3 Å². The van der Waals surface area contributed by atoms with E-state index in [1.54, 1.807) is 13.8 Å². The Bertz CT molecular complexity index is 1050. The Labute approximate surface area is 245 Å². The molecular formula is C32H46F6O4. The number of rotatable bonds is 7. The molecule has 4 N–H and O–H groups in total. The lowest BCUT2D eigenvalue weighted by atomic mass is 9.55. The van der Waals surface area contributed by atoms with Gasteiger partial charge in [0.05, 0.1) is 17.8 Å². The minimum atomic E-state index is -6.00. The number of hydrogen-bond acceptors (Lipinski definition) is 4. The third kappa shape index (κ3) is 7.75. The van der Waals surface area contributed by atoms with Crippen molar-refractivity contribution in [3.63, 3.8) is 0 Å². The second-order valence-corrected chi connectivity index (χ2v) is 14.1. The van der Waals surface area contributed by atoms with Gasteiger partial charge in [0, 0.05) is 6.42 Å². The van der Waals surface area contributed by atoms with Gasteiger partial charge in [0.1, 0.15) is 0 Å². The van der Waals surface area contributed by atoms with Gasteiger partial charge in [-0.3, -0.25) is 0 Å². The van der Waals surface area contributed by atoms with E-state index in [0.717, 1.165) is 37.7 Å². The quantitative estimate of drug-likeness (QED) is 0.183. The molecule has 0 aromatic carbocycles. The summed E-state index contributed by atoms with van der Waals surface area (Å²) < 4.78 is 79.7. The van der Waals surface area contributed by atoms with Gasteiger partial charge < -0.3 is 20.4 Å². The van der Waals surface area contributed by atoms with Crippen LogP contribution in [-0.4, -0.2) is 56.2 Å². The molecule has 0 aliphatic heterocycles. The van der Waals surface area contributed by atoms with Crippen molar-refractivity contribution >= 4 is 0 Å². The second kappa shape index (κ2) is 12.5. The Morgan fingerprint density at radius 3 is 2.05 bits per heavy atom. The Balaban J connectivity index is 1.93. The van der Waals surface area contributed by atoms with Crippen molar-refractivity contribution in [1.82, 2.24) is 0 Å². The van der Waals surface area contributed by atoms with Crippen LogP contribution < -0.4 is 0 Å². The number of hydrogen-bond donors (Lipinski definition) is 4. The second-order valence-electron chi connectivity index (χ2n) is 14.1. The maximum atomic E-state index is 13.3. The largest absolute Gasteiger partial charge is 0.438 e. The number of alkyl halides is 6. The molecular weight excluding hydrogens is 562 g/mol. The van der Waals surface area contributed by atoms with E-state index < -0.39 is 41.2 Å². The molecule has 10 heteroatoms. The van der Waals surface area contributed by atoms with Gasteiger partial charge in [0.2, 0.25) is 0 Å². The van der Waals surface area contributed by atoms with Crippen LogP contribution >= 0.6 is 0 Å². The first-order valence-electron chi connectivity index (χ1n) is 14.9. The standard InChI is InChI=1S/C32H46F6O4/c1-27(2,41)13-6-14-28(3,15-7-17-30(42,31(33,34)35)32(36,37)38)26-12-11-25-22(8-5-16-29(25,26)4)10-9-21-18-23(39)20-24(40)19-21/h9-10,23-26,39-42H,5-6,8,11-16,18-20H2,1-4H3/b21-9?,22-10+/t23-,24?,25?,26-,28+,29+/m1/s1. The van der Waals surface area contributed by atoms with Gasteiger partial charge in [-0.25, -0.2) is 0 Å². The van der Waals surface area contributed by atoms with Gasteiger partial charge in [0.25, 0.3) is 0 Å². The number of aliphatic hydroxyl groups is 4. The lowest BCUT2D eigenvalue weighted by Gasteiger charge is -2.49. The van der Waals surface area contributed by atoms with Gasteiger partial charge in [0.15, 0.2) is 0 Å². The van der Waals surface area contributed by atoms with Crippen LogP contribution in [0.3, 0.4) is 0 Å². The van der Waals surface area contributed by atoms with E-state index in [9.17, 15) is 46.8 Å². The summed E-state index contributed by atoms with van der Waals surface area (Å²) in [4.78, 5) is 0. The van der Waals surface area contributed by atoms with Crippen LogP contribution in [0.4, 0.5) is 26.3 Å². The fraction of sp³-hybridized carbons (Fsp3) is 0.812. The van der Waals surface area contributed by atoms with Crippen LogP contribution in [-0.2, 0) is 0 Å². The minimum Gasteiger partial charge on any atom is -0.393 e. The van der Waals surface area contributed by atoms with E-state index in [2.05, 4.69) is 18.9 Å². The molecule has 2 unspecified atom stereocenters. The summed E-state index contributed by atoms with van der Waals surface area (Å²) in [5.74, 6) is 3.42. The Kier molecular flexibility index (Phi) is 10.4. The van der Waals surface area contributed by atoms with Crippen molar-refractivity contribution in [3.05, 3.63) is 23.3 Å². The SMILES string of the molecule is CC(C)(O)CCC[C@@](C)(CC#CC(O)(C(F)(F)F)C(F)(F)F)[C@H]1CCC2/C(=C/C=C3CC(O)C[C@H](O)C3)CCC[C@@]21C. The fourth-order valence-electron chi connectivity index (χ4n) is 7.90. The molecule has 0 saturated heterocycles. The van der Waals surface area contributed by atoms with Gasteiger partial charge in [-0.2, -0.15) is 26.3 Å². The zero-order chi connectivity index (χ0) is 31.8. The highest BCUT2D eigenvalue weighted by molar-refractivity contribution is 5.27. The van der Waals surface area contributed by atoms with E-state index >= 15 is 0 Å². The smallest absolute Gasteiger partial charge is 0.393 e. The fourth-order valence-corrected chi connectivity index (χ4v) is 7.90. The van der Waals surface area contributed by atoms with Crippen LogP contribution in [0.1, 0.15) is 105 Å². The molecule has 3 aliphatic carbocycles. The van der Waals surface area contributed by atoms with E-state index in [1.807, 2.05) is 13.0 Å². The molecule has 3 rings (SSSR count). The predicted molar refractivity (Wildman–Crippen MR) is 148 cm³/mol. The minimum absolute atomic E-state index is 0.0503. The highest BCUT2D eigenvalue weighted by atomic mass is 19.4. The predicted octanol–water partition coefficient (Wildman–Crippen LogP) is 7.16. The zero-order valence-corrected chi connectivity index (χ0v) is 25.0. The lowest BCUT2D eigenvalue weighted by Crippen LogP contribution is -2.55. The van der Waals surface area contributed by atoms with Crippen molar-refractivity contribution in [3.8, 4) is 11.8 Å². The number of fused-ring (bicyclic) bond motifs is 1. The maximum Gasteiger partial charge on any atom is 0.438 e. The van der Waals surface area contributed by atoms with Crippen molar-refractivity contribution in [2.45, 2.75) is 141 Å². The number of halogens is 6. The molecule has 6 atom stereocenters. The Hall–Kier alpha value is -1.54. The van der Waals surface area contributed by atoms with Crippen molar-refractivity contribution < 1.29 is 46.8 Å². The molecule has 0 heterocycles. The molecule has 0 radical (unpaired) electrons. The molecule has 4 nitrogen and oxygen atoms in total. The van der Waals surface area contributed by atoms with Crippen molar-refractivity contribution in [2.24, 2.45) is 22.7 Å². The van der Waals surface area contributed by atoms with Crippen LogP contribution in [0.2, 0.25) is 0 Å². The highest BCUT2D eigenvalue weighted by Gasteiger charge is 2.70. The Morgan fingerprint density at radius 2 is 1.50 bits per heavy atom. The van der Waals surface area contributed by atoms with Crippen molar-refractivity contribution in [1.29, 1.82) is 0 Å². The summed E-state index contributed by atoms with van der Waals surface area (Å²) in [6.45, 7) is 7.34. The highest BCUT2D eigenvalue weighted by Crippen LogP contribution is 2.63. The van der Waals surface area contributed by atoms with E-state index in [0.29, 0.717) is 38.5 Å². The molecule has 0 aromatic heterocycles. The summed E-state index contributed by atoms with van der Waals surface area (Å²) in [6, 6.07) is 0. The molecule has 3 aliphatic rings. The molecule has 0 spiro atoms. The zero-order valence-electron chi connectivity index (χ0n) is 25.0. The van der Waals surface area contributed by atoms with Crippen LogP contribution in [0.25, 0.3) is 0 Å². The van der Waals surface area contributed by atoms with E-state index in [-0.39, 0.29) is 23.7 Å². The summed E-state index contributed by atoms with van der Waals surface area (Å²) in [6.07, 6.45) is -2.41. The van der Waals surface area contributed by atoms with Gasteiger partial charge in [-0.15, -0.1) is 0 Å². The van der Waals surface area contributed by atoms with E-state index in [4.69, 9.17) is 0 Å². The first kappa shape index (κ1) is 34.9. The summed E-state index contributed by atoms with van der Waals surface area (Å²) in [5.41, 5.74) is -4.88. The van der Waals surface area contributed by atoms with E-state index in [1.165, 1.54) is 11.5 Å². The molecule has 0 aromatic rings. The Morgan fingerprint density at radius 1 is 0.905 bits per heavy atom. The third-order valence-electron chi connectivity index (χ3n) is 10.00. The summed E-state index contributed by atoms with van der Waals surface area (Å²) in [5, 5.41) is 39.9. The summed E-state index contributed by atoms with van der Waals surface area (Å²) >= 11 is 0. The van der Waals surface area contributed by atoms with Gasteiger partial charge in [-0.1, -0.05) is 49.5 Å². The van der Waals surface area contributed by atoms with Crippen LogP contribution in [0, 0.1) is 34.5 Å².